The molecule has 1 aromatic heterocycles. The van der Waals surface area contributed by atoms with Crippen LogP contribution in [0.3, 0.4) is 0 Å². The summed E-state index contributed by atoms with van der Waals surface area (Å²) >= 11 is 0. The van der Waals surface area contributed by atoms with Crippen LogP contribution >= 0.6 is 0 Å². The molecule has 7 nitrogen and oxygen atoms in total. The Morgan fingerprint density at radius 1 is 0.906 bits per heavy atom. The Morgan fingerprint density at radius 2 is 1.62 bits per heavy atom. The highest BCUT2D eigenvalue weighted by atomic mass is 32.2. The van der Waals surface area contributed by atoms with Crippen molar-refractivity contribution in [1.29, 1.82) is 0 Å². The Morgan fingerprint density at radius 3 is 2.31 bits per heavy atom. The number of aromatic nitrogens is 2. The molecule has 0 atom stereocenters. The number of hydrogen-bond acceptors (Lipinski definition) is 4. The van der Waals surface area contributed by atoms with Gasteiger partial charge in [0.15, 0.2) is 5.69 Å². The molecule has 4 rings (SSSR count). The molecule has 1 amide bonds. The first-order valence-electron chi connectivity index (χ1n) is 9.64. The Balaban J connectivity index is 1.47. The lowest BCUT2D eigenvalue weighted by Gasteiger charge is -2.09. The summed E-state index contributed by atoms with van der Waals surface area (Å²) in [6.07, 6.45) is 0. The fraction of sp³-hybridized carbons (Fsp3) is 0.0435. The molecule has 0 aliphatic carbocycles. The second-order valence-electron chi connectivity index (χ2n) is 7.01. The van der Waals surface area contributed by atoms with Gasteiger partial charge in [0.25, 0.3) is 15.9 Å². The van der Waals surface area contributed by atoms with Gasteiger partial charge in [0, 0.05) is 11.4 Å². The molecule has 162 valence electrons. The summed E-state index contributed by atoms with van der Waals surface area (Å²) in [7, 11) is -3.91. The van der Waals surface area contributed by atoms with E-state index in [1.807, 2.05) is 37.3 Å². The Labute approximate surface area is 184 Å². The fourth-order valence-corrected chi connectivity index (χ4v) is 4.14. The lowest BCUT2D eigenvalue weighted by atomic mass is 10.3. The zero-order valence-corrected chi connectivity index (χ0v) is 17.8. The zero-order valence-electron chi connectivity index (χ0n) is 17.0. The van der Waals surface area contributed by atoms with E-state index in [2.05, 4.69) is 15.1 Å². The highest BCUT2D eigenvalue weighted by molar-refractivity contribution is 7.92. The number of sulfonamides is 1. The smallest absolute Gasteiger partial charge is 0.276 e. The molecule has 0 spiro atoms. The van der Waals surface area contributed by atoms with Crippen LogP contribution in [0, 0.1) is 12.7 Å². The molecule has 0 saturated carbocycles. The minimum Gasteiger partial charge on any atom is -0.321 e. The van der Waals surface area contributed by atoms with Crippen LogP contribution in [0.4, 0.5) is 15.8 Å². The highest BCUT2D eigenvalue weighted by Crippen LogP contribution is 2.20. The van der Waals surface area contributed by atoms with E-state index in [0.717, 1.165) is 17.4 Å². The quantitative estimate of drug-likeness (QED) is 0.456. The van der Waals surface area contributed by atoms with Gasteiger partial charge in [0.2, 0.25) is 0 Å². The van der Waals surface area contributed by atoms with Crippen molar-refractivity contribution in [2.24, 2.45) is 0 Å². The van der Waals surface area contributed by atoms with E-state index in [4.69, 9.17) is 0 Å². The maximum Gasteiger partial charge on any atom is 0.276 e. The number of nitrogens with one attached hydrogen (secondary N) is 2. The Hall–Kier alpha value is -3.98. The predicted molar refractivity (Wildman–Crippen MR) is 120 cm³/mol. The van der Waals surface area contributed by atoms with Gasteiger partial charge in [-0.05, 0) is 67.6 Å². The van der Waals surface area contributed by atoms with E-state index in [9.17, 15) is 17.6 Å². The van der Waals surface area contributed by atoms with Gasteiger partial charge in [-0.15, -0.1) is 0 Å². The Kier molecular flexibility index (Phi) is 5.74. The minimum atomic E-state index is -3.91. The van der Waals surface area contributed by atoms with Gasteiger partial charge < -0.3 is 5.32 Å². The number of para-hydroxylation sites is 1. The van der Waals surface area contributed by atoms with Crippen LogP contribution in [-0.2, 0) is 10.0 Å². The van der Waals surface area contributed by atoms with Gasteiger partial charge in [0.05, 0.1) is 16.3 Å². The molecular formula is C23H19FN4O3S. The maximum atomic E-state index is 13.3. The van der Waals surface area contributed by atoms with Crippen LogP contribution in [-0.4, -0.2) is 24.1 Å². The number of aryl methyl sites for hydroxylation is 1. The summed E-state index contributed by atoms with van der Waals surface area (Å²) in [5, 5.41) is 7.06. The number of benzene rings is 3. The van der Waals surface area contributed by atoms with E-state index >= 15 is 0 Å². The molecule has 0 saturated heterocycles. The first-order chi connectivity index (χ1) is 15.3. The van der Waals surface area contributed by atoms with Crippen LogP contribution in [0.2, 0.25) is 0 Å². The topological polar surface area (TPSA) is 93.1 Å². The number of carbonyl (C=O) groups is 1. The van der Waals surface area contributed by atoms with E-state index < -0.39 is 21.7 Å². The van der Waals surface area contributed by atoms with E-state index in [-0.39, 0.29) is 16.3 Å². The monoisotopic (exact) mass is 450 g/mol. The van der Waals surface area contributed by atoms with E-state index in [1.165, 1.54) is 42.5 Å². The highest BCUT2D eigenvalue weighted by Gasteiger charge is 2.16. The lowest BCUT2D eigenvalue weighted by molar-refractivity contribution is 0.102. The second-order valence-corrected chi connectivity index (χ2v) is 8.70. The SMILES string of the molecule is Cc1cc(C(=O)Nc2ccc(S(=O)(=O)Nc3cccc(F)c3)cc2)nn1-c1ccccc1. The third-order valence-corrected chi connectivity index (χ3v) is 6.02. The summed E-state index contributed by atoms with van der Waals surface area (Å²) in [5.41, 5.74) is 2.39. The largest absolute Gasteiger partial charge is 0.321 e. The normalized spacial score (nSPS) is 11.2. The molecule has 4 aromatic rings. The summed E-state index contributed by atoms with van der Waals surface area (Å²) in [4.78, 5) is 12.6. The van der Waals surface area contributed by atoms with Crippen molar-refractivity contribution >= 4 is 27.3 Å². The predicted octanol–water partition coefficient (Wildman–Crippen LogP) is 4.37. The van der Waals surface area contributed by atoms with Crippen LogP contribution in [0.15, 0.2) is 89.8 Å². The van der Waals surface area contributed by atoms with Crippen molar-refractivity contribution in [1.82, 2.24) is 9.78 Å². The third kappa shape index (κ3) is 4.68. The molecule has 32 heavy (non-hydrogen) atoms. The molecule has 0 aliphatic rings. The average molecular weight is 450 g/mol. The lowest BCUT2D eigenvalue weighted by Crippen LogP contribution is -2.15. The van der Waals surface area contributed by atoms with Gasteiger partial charge >= 0.3 is 0 Å². The molecule has 0 unspecified atom stereocenters. The summed E-state index contributed by atoms with van der Waals surface area (Å²) in [6.45, 7) is 1.85. The van der Waals surface area contributed by atoms with Gasteiger partial charge in [-0.2, -0.15) is 5.10 Å². The number of rotatable bonds is 6. The van der Waals surface area contributed by atoms with E-state index in [0.29, 0.717) is 5.69 Å². The van der Waals surface area contributed by atoms with Gasteiger partial charge in [0.1, 0.15) is 5.82 Å². The molecule has 0 fully saturated rings. The van der Waals surface area contributed by atoms with Crippen molar-refractivity contribution in [3.8, 4) is 5.69 Å². The number of nitrogens with zero attached hydrogens (tertiary/aromatic N) is 2. The molecule has 9 heteroatoms. The molecule has 0 bridgehead atoms. The van der Waals surface area contributed by atoms with Crippen LogP contribution in [0.1, 0.15) is 16.2 Å². The first-order valence-corrected chi connectivity index (χ1v) is 11.1. The molecule has 3 aromatic carbocycles. The minimum absolute atomic E-state index is 0.0241. The van der Waals surface area contributed by atoms with Gasteiger partial charge in [-0.1, -0.05) is 24.3 Å². The second kappa shape index (κ2) is 8.64. The van der Waals surface area contributed by atoms with Crippen molar-refractivity contribution in [2.75, 3.05) is 10.0 Å². The Bertz CT molecular complexity index is 1370. The molecular weight excluding hydrogens is 431 g/mol. The summed E-state index contributed by atoms with van der Waals surface area (Å²) in [5.74, 6) is -0.968. The number of hydrogen-bond donors (Lipinski definition) is 2. The fourth-order valence-electron chi connectivity index (χ4n) is 3.09. The molecule has 0 radical (unpaired) electrons. The van der Waals surface area contributed by atoms with Crippen LogP contribution in [0.25, 0.3) is 5.69 Å². The summed E-state index contributed by atoms with van der Waals surface area (Å²) in [6, 6.07) is 21.9. The average Bonchev–Trinajstić information content (AvgIpc) is 3.16. The molecule has 1 heterocycles. The van der Waals surface area contributed by atoms with Crippen molar-refractivity contribution in [3.05, 3.63) is 102 Å². The number of anilines is 2. The number of carbonyl (C=O) groups excluding carboxylic acids is 1. The van der Waals surface area contributed by atoms with Crippen LogP contribution < -0.4 is 10.0 Å². The van der Waals surface area contributed by atoms with Gasteiger partial charge in [-0.25, -0.2) is 17.5 Å². The maximum absolute atomic E-state index is 13.3. The third-order valence-electron chi connectivity index (χ3n) is 4.62. The summed E-state index contributed by atoms with van der Waals surface area (Å²) < 4.78 is 42.3. The first kappa shape index (κ1) is 21.3. The van der Waals surface area contributed by atoms with Crippen molar-refractivity contribution < 1.29 is 17.6 Å². The standard InChI is InChI=1S/C23H19FN4O3S/c1-16-14-22(26-28(16)20-8-3-2-4-9-20)23(29)25-18-10-12-21(13-11-18)32(30,31)27-19-7-5-6-17(24)15-19/h2-15,27H,1H3,(H,25,29). The number of amides is 1. The number of halogens is 1. The molecule has 0 aliphatic heterocycles. The van der Waals surface area contributed by atoms with Crippen molar-refractivity contribution in [2.45, 2.75) is 11.8 Å². The van der Waals surface area contributed by atoms with Crippen LogP contribution in [0.5, 0.6) is 0 Å². The van der Waals surface area contributed by atoms with Crippen molar-refractivity contribution in [3.63, 3.8) is 0 Å². The molecule has 2 N–H and O–H groups in total. The van der Waals surface area contributed by atoms with Gasteiger partial charge in [-0.3, -0.25) is 9.52 Å². The zero-order chi connectivity index (χ0) is 22.7. The van der Waals surface area contributed by atoms with E-state index in [1.54, 1.807) is 10.7 Å².